The van der Waals surface area contributed by atoms with Crippen LogP contribution in [0.25, 0.3) is 0 Å². The Morgan fingerprint density at radius 2 is 2.24 bits per heavy atom. The molecule has 1 N–H and O–H groups in total. The summed E-state index contributed by atoms with van der Waals surface area (Å²) in [6, 6.07) is 3.81. The van der Waals surface area contributed by atoms with Gasteiger partial charge in [-0.05, 0) is 25.1 Å². The summed E-state index contributed by atoms with van der Waals surface area (Å²) in [5, 5.41) is 2.36. The summed E-state index contributed by atoms with van der Waals surface area (Å²) >= 11 is 1.67. The first-order valence-electron chi connectivity index (χ1n) is 5.39. The summed E-state index contributed by atoms with van der Waals surface area (Å²) in [4.78, 5) is 12.9. The number of aryl methyl sites for hydroxylation is 1. The molecule has 1 aliphatic rings. The molecule has 0 amide bonds. The van der Waals surface area contributed by atoms with Gasteiger partial charge in [0.1, 0.15) is 6.04 Å². The second-order valence-corrected chi connectivity index (χ2v) is 5.02. The number of halogens is 2. The standard InChI is InChI=1S/C12H13F2NOS/c1-15-10(12(13)14)11(16)8-3-2-7-4-5-17-9(7)6-8/h2-3,6,10,12,15H,4-5H2,1H3. The zero-order valence-corrected chi connectivity index (χ0v) is 10.2. The van der Waals surface area contributed by atoms with Crippen LogP contribution in [0, 0.1) is 0 Å². The van der Waals surface area contributed by atoms with Crippen LogP contribution in [0.5, 0.6) is 0 Å². The molecule has 1 heterocycles. The molecule has 1 aromatic carbocycles. The molecule has 0 radical (unpaired) electrons. The van der Waals surface area contributed by atoms with Crippen LogP contribution < -0.4 is 5.32 Å². The molecular formula is C12H13F2NOS. The molecule has 0 saturated carbocycles. The van der Waals surface area contributed by atoms with Crippen LogP contribution in [0.15, 0.2) is 23.1 Å². The lowest BCUT2D eigenvalue weighted by atomic mass is 10.0. The van der Waals surface area contributed by atoms with E-state index in [1.54, 1.807) is 23.9 Å². The number of thioether (sulfide) groups is 1. The van der Waals surface area contributed by atoms with Crippen molar-refractivity contribution in [1.82, 2.24) is 5.32 Å². The minimum atomic E-state index is -2.69. The van der Waals surface area contributed by atoms with Crippen molar-refractivity contribution in [2.24, 2.45) is 0 Å². The zero-order chi connectivity index (χ0) is 12.4. The first-order chi connectivity index (χ1) is 8.13. The van der Waals surface area contributed by atoms with Crippen molar-refractivity contribution in [2.75, 3.05) is 12.8 Å². The molecule has 0 aromatic heterocycles. The number of carbonyl (C=O) groups excluding carboxylic acids is 1. The number of nitrogens with one attached hydrogen (secondary N) is 1. The number of carbonyl (C=O) groups is 1. The highest BCUT2D eigenvalue weighted by molar-refractivity contribution is 7.99. The molecule has 0 spiro atoms. The van der Waals surface area contributed by atoms with Gasteiger partial charge in [0, 0.05) is 16.2 Å². The molecule has 17 heavy (non-hydrogen) atoms. The molecule has 0 bridgehead atoms. The highest BCUT2D eigenvalue weighted by Gasteiger charge is 2.28. The van der Waals surface area contributed by atoms with Crippen molar-refractivity contribution in [2.45, 2.75) is 23.8 Å². The van der Waals surface area contributed by atoms with E-state index in [2.05, 4.69) is 5.32 Å². The van der Waals surface area contributed by atoms with Gasteiger partial charge in [0.15, 0.2) is 5.78 Å². The maximum atomic E-state index is 12.6. The van der Waals surface area contributed by atoms with E-state index in [1.807, 2.05) is 6.07 Å². The normalized spacial score (nSPS) is 16.0. The van der Waals surface area contributed by atoms with Crippen molar-refractivity contribution in [1.29, 1.82) is 0 Å². The van der Waals surface area contributed by atoms with Crippen LogP contribution in [-0.4, -0.2) is 31.1 Å². The number of likely N-dealkylation sites (N-methyl/N-ethyl adjacent to an activating group) is 1. The molecule has 1 aromatic rings. The summed E-state index contributed by atoms with van der Waals surface area (Å²) in [7, 11) is 1.37. The number of rotatable bonds is 4. The molecule has 1 aliphatic heterocycles. The Morgan fingerprint density at radius 3 is 2.88 bits per heavy atom. The van der Waals surface area contributed by atoms with E-state index < -0.39 is 18.3 Å². The Balaban J connectivity index is 2.25. The topological polar surface area (TPSA) is 29.1 Å². The largest absolute Gasteiger partial charge is 0.306 e. The summed E-state index contributed by atoms with van der Waals surface area (Å²) in [6.07, 6.45) is -1.70. The average molecular weight is 257 g/mol. The first-order valence-corrected chi connectivity index (χ1v) is 6.37. The molecule has 92 valence electrons. The number of ketones is 1. The van der Waals surface area contributed by atoms with Gasteiger partial charge in [0.25, 0.3) is 6.43 Å². The minimum absolute atomic E-state index is 0.359. The van der Waals surface area contributed by atoms with E-state index in [-0.39, 0.29) is 0 Å². The molecular weight excluding hydrogens is 244 g/mol. The maximum Gasteiger partial charge on any atom is 0.261 e. The van der Waals surface area contributed by atoms with Crippen molar-refractivity contribution < 1.29 is 13.6 Å². The molecule has 5 heteroatoms. The van der Waals surface area contributed by atoms with Crippen LogP contribution in [-0.2, 0) is 6.42 Å². The molecule has 1 atom stereocenters. The number of benzene rings is 1. The third kappa shape index (κ3) is 2.50. The Hall–Kier alpha value is -0.940. The van der Waals surface area contributed by atoms with Gasteiger partial charge in [-0.1, -0.05) is 12.1 Å². The second kappa shape index (κ2) is 5.14. The molecule has 0 aliphatic carbocycles. The van der Waals surface area contributed by atoms with Crippen molar-refractivity contribution >= 4 is 17.5 Å². The fourth-order valence-corrected chi connectivity index (χ4v) is 2.98. The highest BCUT2D eigenvalue weighted by Crippen LogP contribution is 2.32. The predicted molar refractivity (Wildman–Crippen MR) is 64.1 cm³/mol. The molecule has 2 rings (SSSR count). The molecule has 0 fully saturated rings. The monoisotopic (exact) mass is 257 g/mol. The number of hydrogen-bond donors (Lipinski definition) is 1. The fourth-order valence-electron chi connectivity index (χ4n) is 1.87. The highest BCUT2D eigenvalue weighted by atomic mass is 32.2. The van der Waals surface area contributed by atoms with E-state index in [0.717, 1.165) is 17.1 Å². The van der Waals surface area contributed by atoms with E-state index in [1.165, 1.54) is 12.6 Å². The SMILES string of the molecule is CNC(C(=O)c1ccc2c(c1)SCC2)C(F)F. The Kier molecular flexibility index (Phi) is 3.79. The number of alkyl halides is 2. The van der Waals surface area contributed by atoms with Gasteiger partial charge in [-0.25, -0.2) is 8.78 Å². The Bertz CT molecular complexity index is 437. The van der Waals surface area contributed by atoms with Gasteiger partial charge in [-0.2, -0.15) is 0 Å². The third-order valence-corrected chi connectivity index (χ3v) is 3.93. The van der Waals surface area contributed by atoms with Crippen molar-refractivity contribution in [3.63, 3.8) is 0 Å². The number of Topliss-reactive ketones (excluding diaryl/α,β-unsaturated/α-hetero) is 1. The second-order valence-electron chi connectivity index (χ2n) is 3.89. The van der Waals surface area contributed by atoms with Crippen LogP contribution in [0.1, 0.15) is 15.9 Å². The third-order valence-electron chi connectivity index (χ3n) is 2.83. The fraction of sp³-hybridized carbons (Fsp3) is 0.417. The van der Waals surface area contributed by atoms with Crippen molar-refractivity contribution in [3.8, 4) is 0 Å². The van der Waals surface area contributed by atoms with Gasteiger partial charge < -0.3 is 5.32 Å². The number of fused-ring (bicyclic) bond motifs is 1. The smallest absolute Gasteiger partial charge is 0.261 e. The van der Waals surface area contributed by atoms with Crippen LogP contribution in [0.2, 0.25) is 0 Å². The summed E-state index contributed by atoms with van der Waals surface area (Å²) in [5.74, 6) is 0.454. The average Bonchev–Trinajstić information content (AvgIpc) is 2.75. The van der Waals surface area contributed by atoms with E-state index >= 15 is 0 Å². The van der Waals surface area contributed by atoms with Crippen LogP contribution in [0.3, 0.4) is 0 Å². The van der Waals surface area contributed by atoms with Crippen LogP contribution >= 0.6 is 11.8 Å². The van der Waals surface area contributed by atoms with Crippen molar-refractivity contribution in [3.05, 3.63) is 29.3 Å². The van der Waals surface area contributed by atoms with Gasteiger partial charge in [-0.15, -0.1) is 11.8 Å². The maximum absolute atomic E-state index is 12.6. The van der Waals surface area contributed by atoms with E-state index in [0.29, 0.717) is 5.56 Å². The predicted octanol–water partition coefficient (Wildman–Crippen LogP) is 2.37. The van der Waals surface area contributed by atoms with Gasteiger partial charge in [-0.3, -0.25) is 4.79 Å². The minimum Gasteiger partial charge on any atom is -0.306 e. The van der Waals surface area contributed by atoms with Gasteiger partial charge in [0.2, 0.25) is 0 Å². The summed E-state index contributed by atoms with van der Waals surface area (Å²) in [5.41, 5.74) is 1.56. The van der Waals surface area contributed by atoms with Gasteiger partial charge >= 0.3 is 0 Å². The number of hydrogen-bond acceptors (Lipinski definition) is 3. The lowest BCUT2D eigenvalue weighted by Gasteiger charge is -2.14. The van der Waals surface area contributed by atoms with E-state index in [4.69, 9.17) is 0 Å². The van der Waals surface area contributed by atoms with E-state index in [9.17, 15) is 13.6 Å². The first kappa shape index (κ1) is 12.5. The Morgan fingerprint density at radius 1 is 1.47 bits per heavy atom. The lowest BCUT2D eigenvalue weighted by molar-refractivity contribution is 0.0687. The molecule has 2 nitrogen and oxygen atoms in total. The lowest BCUT2D eigenvalue weighted by Crippen LogP contribution is -2.40. The zero-order valence-electron chi connectivity index (χ0n) is 9.37. The Labute approximate surface area is 103 Å². The van der Waals surface area contributed by atoms with Gasteiger partial charge in [0.05, 0.1) is 0 Å². The molecule has 0 saturated heterocycles. The summed E-state index contributed by atoms with van der Waals surface area (Å²) < 4.78 is 25.2. The van der Waals surface area contributed by atoms with Crippen LogP contribution in [0.4, 0.5) is 8.78 Å². The quantitative estimate of drug-likeness (QED) is 0.840. The summed E-state index contributed by atoms with van der Waals surface area (Å²) in [6.45, 7) is 0. The molecule has 1 unspecified atom stereocenters.